The second-order valence-electron chi connectivity index (χ2n) is 6.56. The molecule has 31 heavy (non-hydrogen) atoms. The molecule has 0 fully saturated rings. The van der Waals surface area contributed by atoms with Crippen LogP contribution in [0.5, 0.6) is 5.75 Å². The van der Waals surface area contributed by atoms with Crippen LogP contribution in [0, 0.1) is 5.82 Å². The van der Waals surface area contributed by atoms with E-state index in [9.17, 15) is 18.8 Å². The topological polar surface area (TPSA) is 84.5 Å². The van der Waals surface area contributed by atoms with E-state index in [1.807, 2.05) is 0 Å². The summed E-state index contributed by atoms with van der Waals surface area (Å²) in [6.45, 7) is 1.38. The Bertz CT molecular complexity index is 1130. The molecule has 3 rings (SSSR count). The van der Waals surface area contributed by atoms with Gasteiger partial charge in [0, 0.05) is 24.7 Å². The average molecular weight is 441 g/mol. The molecule has 0 aliphatic rings. The van der Waals surface area contributed by atoms with Crippen molar-refractivity contribution in [3.05, 3.63) is 94.3 Å². The van der Waals surface area contributed by atoms with Gasteiger partial charge in [0.25, 0.3) is 11.8 Å². The molecule has 0 bridgehead atoms. The zero-order valence-corrected chi connectivity index (χ0v) is 17.2. The normalized spacial score (nSPS) is 10.3. The third-order valence-corrected chi connectivity index (χ3v) is 4.50. The predicted molar refractivity (Wildman–Crippen MR) is 115 cm³/mol. The van der Waals surface area contributed by atoms with Crippen molar-refractivity contribution in [2.24, 2.45) is 0 Å². The Labute approximate surface area is 183 Å². The van der Waals surface area contributed by atoms with E-state index >= 15 is 0 Å². The molecule has 0 radical (unpaired) electrons. The number of hydrogen-bond acceptors (Lipinski definition) is 4. The Kier molecular flexibility index (Phi) is 6.99. The van der Waals surface area contributed by atoms with Crippen LogP contribution in [0.3, 0.4) is 0 Å². The van der Waals surface area contributed by atoms with Crippen molar-refractivity contribution in [1.29, 1.82) is 0 Å². The van der Waals surface area contributed by atoms with Crippen molar-refractivity contribution in [3.8, 4) is 5.75 Å². The van der Waals surface area contributed by atoms with E-state index < -0.39 is 23.6 Å². The van der Waals surface area contributed by atoms with Gasteiger partial charge in [-0.1, -0.05) is 35.9 Å². The molecule has 8 heteroatoms. The van der Waals surface area contributed by atoms with E-state index in [2.05, 4.69) is 10.6 Å². The molecule has 2 amide bonds. The van der Waals surface area contributed by atoms with E-state index in [1.54, 1.807) is 42.5 Å². The number of nitrogens with one attached hydrogen (secondary N) is 2. The molecule has 3 aromatic carbocycles. The van der Waals surface area contributed by atoms with Crippen LogP contribution in [0.4, 0.5) is 10.1 Å². The first-order valence-corrected chi connectivity index (χ1v) is 9.62. The predicted octanol–water partition coefficient (Wildman–Crippen LogP) is 4.59. The Morgan fingerprint density at radius 1 is 0.968 bits per heavy atom. The van der Waals surface area contributed by atoms with Gasteiger partial charge in [-0.05, 0) is 48.0 Å². The Morgan fingerprint density at radius 2 is 1.71 bits per heavy atom. The van der Waals surface area contributed by atoms with E-state index in [-0.39, 0.29) is 22.9 Å². The van der Waals surface area contributed by atoms with Gasteiger partial charge in [0.15, 0.2) is 0 Å². The van der Waals surface area contributed by atoms with E-state index in [0.29, 0.717) is 16.8 Å². The second kappa shape index (κ2) is 9.86. The number of halogens is 2. The molecular weight excluding hydrogens is 423 g/mol. The minimum absolute atomic E-state index is 0.0227. The van der Waals surface area contributed by atoms with Gasteiger partial charge in [0.2, 0.25) is 0 Å². The smallest absolute Gasteiger partial charge is 0.308 e. The van der Waals surface area contributed by atoms with Crippen LogP contribution in [-0.4, -0.2) is 17.8 Å². The highest BCUT2D eigenvalue weighted by Gasteiger charge is 2.15. The summed E-state index contributed by atoms with van der Waals surface area (Å²) in [4.78, 5) is 35.9. The first kappa shape index (κ1) is 22.0. The average Bonchev–Trinajstić information content (AvgIpc) is 2.72. The summed E-state index contributed by atoms with van der Waals surface area (Å²) in [7, 11) is 0. The van der Waals surface area contributed by atoms with Crippen LogP contribution in [0.15, 0.2) is 66.7 Å². The van der Waals surface area contributed by atoms with Crippen LogP contribution < -0.4 is 15.4 Å². The number of anilines is 1. The van der Waals surface area contributed by atoms with E-state index in [0.717, 1.165) is 6.07 Å². The molecule has 0 aliphatic heterocycles. The summed E-state index contributed by atoms with van der Waals surface area (Å²) in [5.74, 6) is -1.96. The zero-order valence-electron chi connectivity index (χ0n) is 16.4. The SMILES string of the molecule is CC(=O)Oc1cccc(C(=O)Nc2cccc(CNC(=O)c3c(F)cccc3Cl)c2)c1. The summed E-state index contributed by atoms with van der Waals surface area (Å²) >= 11 is 5.91. The van der Waals surface area contributed by atoms with Crippen molar-refractivity contribution >= 4 is 35.1 Å². The minimum atomic E-state index is -0.706. The van der Waals surface area contributed by atoms with Gasteiger partial charge >= 0.3 is 5.97 Å². The fourth-order valence-corrected chi connectivity index (χ4v) is 3.06. The van der Waals surface area contributed by atoms with Gasteiger partial charge in [-0.2, -0.15) is 0 Å². The van der Waals surface area contributed by atoms with Gasteiger partial charge in [-0.3, -0.25) is 14.4 Å². The third-order valence-electron chi connectivity index (χ3n) is 4.19. The number of amides is 2. The van der Waals surface area contributed by atoms with Gasteiger partial charge in [0.1, 0.15) is 11.6 Å². The quantitative estimate of drug-likeness (QED) is 0.434. The fourth-order valence-electron chi connectivity index (χ4n) is 2.81. The lowest BCUT2D eigenvalue weighted by Gasteiger charge is -2.10. The van der Waals surface area contributed by atoms with Crippen LogP contribution >= 0.6 is 11.6 Å². The first-order chi connectivity index (χ1) is 14.8. The number of benzene rings is 3. The molecule has 0 saturated heterocycles. The highest BCUT2D eigenvalue weighted by Crippen LogP contribution is 2.20. The molecule has 0 aromatic heterocycles. The maximum Gasteiger partial charge on any atom is 0.308 e. The maximum atomic E-state index is 13.9. The van der Waals surface area contributed by atoms with Crippen molar-refractivity contribution < 1.29 is 23.5 Å². The molecule has 0 saturated carbocycles. The fraction of sp³-hybridized carbons (Fsp3) is 0.0870. The maximum absolute atomic E-state index is 13.9. The Hall–Kier alpha value is -3.71. The van der Waals surface area contributed by atoms with Crippen molar-refractivity contribution in [2.45, 2.75) is 13.5 Å². The van der Waals surface area contributed by atoms with Crippen molar-refractivity contribution in [1.82, 2.24) is 5.32 Å². The molecule has 3 aromatic rings. The Morgan fingerprint density at radius 3 is 2.45 bits per heavy atom. The largest absolute Gasteiger partial charge is 0.427 e. The summed E-state index contributed by atoms with van der Waals surface area (Å²) in [6.07, 6.45) is 0. The number of carbonyl (C=O) groups is 3. The summed E-state index contributed by atoms with van der Waals surface area (Å²) in [5.41, 5.74) is 1.28. The molecule has 2 N–H and O–H groups in total. The second-order valence-corrected chi connectivity index (χ2v) is 6.96. The lowest BCUT2D eigenvalue weighted by Crippen LogP contribution is -2.24. The molecule has 0 aliphatic carbocycles. The minimum Gasteiger partial charge on any atom is -0.427 e. The molecule has 6 nitrogen and oxygen atoms in total. The molecule has 0 unspecified atom stereocenters. The standard InChI is InChI=1S/C23H18ClFN2O4/c1-14(28)31-18-8-3-6-16(12-18)22(29)27-17-7-2-5-15(11-17)13-26-23(30)21-19(24)9-4-10-20(21)25/h2-12H,13H2,1H3,(H,26,30)(H,27,29). The summed E-state index contributed by atoms with van der Waals surface area (Å²) in [6, 6.07) is 17.1. The van der Waals surface area contributed by atoms with Crippen molar-refractivity contribution in [3.63, 3.8) is 0 Å². The molecule has 0 heterocycles. The lowest BCUT2D eigenvalue weighted by molar-refractivity contribution is -0.131. The highest BCUT2D eigenvalue weighted by molar-refractivity contribution is 6.33. The number of ether oxygens (including phenoxy) is 1. The molecule has 158 valence electrons. The molecule has 0 atom stereocenters. The van der Waals surface area contributed by atoms with Crippen molar-refractivity contribution in [2.75, 3.05) is 5.32 Å². The van der Waals surface area contributed by atoms with Gasteiger partial charge in [0.05, 0.1) is 10.6 Å². The van der Waals surface area contributed by atoms with Crippen LogP contribution in [0.2, 0.25) is 5.02 Å². The number of rotatable bonds is 6. The molecular formula is C23H18ClFN2O4. The summed E-state index contributed by atoms with van der Waals surface area (Å²) in [5, 5.41) is 5.38. The van der Waals surface area contributed by atoms with E-state index in [4.69, 9.17) is 16.3 Å². The zero-order chi connectivity index (χ0) is 22.4. The van der Waals surface area contributed by atoms with Crippen LogP contribution in [-0.2, 0) is 11.3 Å². The van der Waals surface area contributed by atoms with Gasteiger partial charge in [-0.25, -0.2) is 4.39 Å². The van der Waals surface area contributed by atoms with Gasteiger partial charge in [-0.15, -0.1) is 0 Å². The third kappa shape index (κ3) is 5.90. The first-order valence-electron chi connectivity index (χ1n) is 9.24. The van der Waals surface area contributed by atoms with Gasteiger partial charge < -0.3 is 15.4 Å². The number of carbonyl (C=O) groups excluding carboxylic acids is 3. The lowest BCUT2D eigenvalue weighted by atomic mass is 10.1. The van der Waals surface area contributed by atoms with Crippen LogP contribution in [0.25, 0.3) is 0 Å². The molecule has 0 spiro atoms. The number of esters is 1. The Balaban J connectivity index is 1.66. The monoisotopic (exact) mass is 440 g/mol. The van der Waals surface area contributed by atoms with Crippen LogP contribution in [0.1, 0.15) is 33.2 Å². The highest BCUT2D eigenvalue weighted by atomic mass is 35.5. The van der Waals surface area contributed by atoms with E-state index in [1.165, 1.54) is 25.1 Å². The summed E-state index contributed by atoms with van der Waals surface area (Å²) < 4.78 is 18.9. The number of hydrogen-bond donors (Lipinski definition) is 2.